The number of hydrogen-bond acceptors (Lipinski definition) is 4. The van der Waals surface area contributed by atoms with Crippen molar-refractivity contribution in [1.29, 1.82) is 0 Å². The molecule has 0 saturated heterocycles. The number of anilines is 1. The molecule has 112 valence electrons. The molecule has 0 aliphatic heterocycles. The number of hydrogen-bond donors (Lipinski definition) is 1. The SMILES string of the molecule is CCCNc1cc(-c2ccc(OCC)cc2)nc(CC)n1. The number of rotatable bonds is 7. The van der Waals surface area contributed by atoms with E-state index in [0.29, 0.717) is 6.61 Å². The number of aromatic nitrogens is 2. The van der Waals surface area contributed by atoms with Crippen LogP contribution in [0.15, 0.2) is 30.3 Å². The van der Waals surface area contributed by atoms with Gasteiger partial charge in [-0.1, -0.05) is 13.8 Å². The van der Waals surface area contributed by atoms with E-state index in [9.17, 15) is 0 Å². The first-order valence-corrected chi connectivity index (χ1v) is 7.61. The zero-order chi connectivity index (χ0) is 15.1. The Morgan fingerprint density at radius 1 is 1.05 bits per heavy atom. The van der Waals surface area contributed by atoms with Gasteiger partial charge in [0.1, 0.15) is 17.4 Å². The van der Waals surface area contributed by atoms with Gasteiger partial charge < -0.3 is 10.1 Å². The van der Waals surface area contributed by atoms with Crippen LogP contribution in [-0.2, 0) is 6.42 Å². The molecular weight excluding hydrogens is 262 g/mol. The Morgan fingerprint density at radius 3 is 2.43 bits per heavy atom. The summed E-state index contributed by atoms with van der Waals surface area (Å²) in [6, 6.07) is 10.0. The Balaban J connectivity index is 2.28. The zero-order valence-corrected chi connectivity index (χ0v) is 13.0. The Kier molecular flexibility index (Phi) is 5.55. The molecule has 0 radical (unpaired) electrons. The van der Waals surface area contributed by atoms with Crippen molar-refractivity contribution in [3.63, 3.8) is 0 Å². The van der Waals surface area contributed by atoms with Crippen molar-refractivity contribution in [3.8, 4) is 17.0 Å². The molecule has 0 fully saturated rings. The summed E-state index contributed by atoms with van der Waals surface area (Å²) in [5.74, 6) is 2.64. The normalized spacial score (nSPS) is 10.4. The lowest BCUT2D eigenvalue weighted by Gasteiger charge is -2.09. The van der Waals surface area contributed by atoms with Crippen LogP contribution in [0.5, 0.6) is 5.75 Å². The second-order valence-corrected chi connectivity index (χ2v) is 4.79. The van der Waals surface area contributed by atoms with Crippen LogP contribution in [0, 0.1) is 0 Å². The number of ether oxygens (including phenoxy) is 1. The van der Waals surface area contributed by atoms with Crippen molar-refractivity contribution in [2.45, 2.75) is 33.6 Å². The average molecular weight is 285 g/mol. The summed E-state index contributed by atoms with van der Waals surface area (Å²) in [6.45, 7) is 7.79. The number of aryl methyl sites for hydroxylation is 1. The van der Waals surface area contributed by atoms with Crippen LogP contribution in [0.4, 0.5) is 5.82 Å². The highest BCUT2D eigenvalue weighted by molar-refractivity contribution is 5.63. The lowest BCUT2D eigenvalue weighted by molar-refractivity contribution is 0.340. The molecule has 21 heavy (non-hydrogen) atoms. The van der Waals surface area contributed by atoms with Crippen molar-refractivity contribution in [2.24, 2.45) is 0 Å². The van der Waals surface area contributed by atoms with E-state index in [0.717, 1.165) is 48.0 Å². The Hall–Kier alpha value is -2.10. The third-order valence-corrected chi connectivity index (χ3v) is 3.11. The van der Waals surface area contributed by atoms with Crippen molar-refractivity contribution in [3.05, 3.63) is 36.2 Å². The first-order chi connectivity index (χ1) is 10.3. The number of benzene rings is 1. The summed E-state index contributed by atoms with van der Waals surface area (Å²) in [7, 11) is 0. The molecule has 1 aromatic heterocycles. The third kappa shape index (κ3) is 4.18. The molecular formula is C17H23N3O. The summed E-state index contributed by atoms with van der Waals surface area (Å²) >= 11 is 0. The molecule has 0 unspecified atom stereocenters. The van der Waals surface area contributed by atoms with Crippen molar-refractivity contribution >= 4 is 5.82 Å². The standard InChI is InChI=1S/C17H23N3O/c1-4-11-18-17-12-15(19-16(5-2)20-17)13-7-9-14(10-8-13)21-6-3/h7-10,12H,4-6,11H2,1-3H3,(H,18,19,20). The van der Waals surface area contributed by atoms with Crippen LogP contribution in [-0.4, -0.2) is 23.1 Å². The van der Waals surface area contributed by atoms with E-state index in [4.69, 9.17) is 4.74 Å². The molecule has 0 aliphatic carbocycles. The number of nitrogens with zero attached hydrogens (tertiary/aromatic N) is 2. The molecule has 4 nitrogen and oxygen atoms in total. The molecule has 2 aromatic rings. The van der Waals surface area contributed by atoms with Crippen LogP contribution in [0.1, 0.15) is 33.0 Å². The van der Waals surface area contributed by atoms with E-state index in [1.165, 1.54) is 0 Å². The van der Waals surface area contributed by atoms with E-state index in [1.807, 2.05) is 37.3 Å². The van der Waals surface area contributed by atoms with Gasteiger partial charge in [-0.3, -0.25) is 0 Å². The van der Waals surface area contributed by atoms with Crippen LogP contribution in [0.3, 0.4) is 0 Å². The van der Waals surface area contributed by atoms with Gasteiger partial charge in [0.15, 0.2) is 0 Å². The maximum atomic E-state index is 5.47. The molecule has 0 aliphatic rings. The maximum absolute atomic E-state index is 5.47. The van der Waals surface area contributed by atoms with Crippen molar-refractivity contribution in [1.82, 2.24) is 9.97 Å². The Morgan fingerprint density at radius 2 is 1.81 bits per heavy atom. The Bertz CT molecular complexity index is 567. The summed E-state index contributed by atoms with van der Waals surface area (Å²) in [6.07, 6.45) is 1.90. The molecule has 4 heteroatoms. The van der Waals surface area contributed by atoms with Gasteiger partial charge in [0, 0.05) is 24.6 Å². The van der Waals surface area contributed by atoms with Gasteiger partial charge in [-0.15, -0.1) is 0 Å². The van der Waals surface area contributed by atoms with Crippen LogP contribution < -0.4 is 10.1 Å². The van der Waals surface area contributed by atoms with E-state index >= 15 is 0 Å². The van der Waals surface area contributed by atoms with Crippen LogP contribution in [0.25, 0.3) is 11.3 Å². The average Bonchev–Trinajstić information content (AvgIpc) is 2.53. The van der Waals surface area contributed by atoms with E-state index in [-0.39, 0.29) is 0 Å². The molecule has 2 rings (SSSR count). The topological polar surface area (TPSA) is 47.0 Å². The number of nitrogens with one attached hydrogen (secondary N) is 1. The van der Waals surface area contributed by atoms with Crippen molar-refractivity contribution in [2.75, 3.05) is 18.5 Å². The molecule has 0 bridgehead atoms. The minimum Gasteiger partial charge on any atom is -0.494 e. The lowest BCUT2D eigenvalue weighted by atomic mass is 10.1. The van der Waals surface area contributed by atoms with Gasteiger partial charge in [0.25, 0.3) is 0 Å². The minimum atomic E-state index is 0.678. The monoisotopic (exact) mass is 285 g/mol. The fraction of sp³-hybridized carbons (Fsp3) is 0.412. The quantitative estimate of drug-likeness (QED) is 0.837. The molecule has 0 amide bonds. The first-order valence-electron chi connectivity index (χ1n) is 7.61. The second kappa shape index (κ2) is 7.62. The lowest BCUT2D eigenvalue weighted by Crippen LogP contribution is -2.05. The highest BCUT2D eigenvalue weighted by atomic mass is 16.5. The molecule has 0 atom stereocenters. The minimum absolute atomic E-state index is 0.678. The largest absolute Gasteiger partial charge is 0.494 e. The fourth-order valence-corrected chi connectivity index (χ4v) is 2.04. The van der Waals surface area contributed by atoms with E-state index < -0.39 is 0 Å². The van der Waals surface area contributed by atoms with Crippen LogP contribution in [0.2, 0.25) is 0 Å². The van der Waals surface area contributed by atoms with E-state index in [2.05, 4.69) is 29.1 Å². The second-order valence-electron chi connectivity index (χ2n) is 4.79. The smallest absolute Gasteiger partial charge is 0.131 e. The summed E-state index contributed by atoms with van der Waals surface area (Å²) in [5, 5.41) is 3.34. The third-order valence-electron chi connectivity index (χ3n) is 3.11. The van der Waals surface area contributed by atoms with Gasteiger partial charge in [-0.05, 0) is 37.6 Å². The van der Waals surface area contributed by atoms with Gasteiger partial charge in [0.2, 0.25) is 0 Å². The van der Waals surface area contributed by atoms with Gasteiger partial charge in [0.05, 0.1) is 12.3 Å². The van der Waals surface area contributed by atoms with Crippen LogP contribution >= 0.6 is 0 Å². The summed E-state index contributed by atoms with van der Waals surface area (Å²) < 4.78 is 5.47. The zero-order valence-electron chi connectivity index (χ0n) is 13.0. The predicted octanol–water partition coefficient (Wildman–Crippen LogP) is 3.93. The van der Waals surface area contributed by atoms with Gasteiger partial charge in [-0.25, -0.2) is 9.97 Å². The van der Waals surface area contributed by atoms with Gasteiger partial charge >= 0.3 is 0 Å². The van der Waals surface area contributed by atoms with Gasteiger partial charge in [-0.2, -0.15) is 0 Å². The summed E-state index contributed by atoms with van der Waals surface area (Å²) in [5.41, 5.74) is 2.03. The Labute approximate surface area is 126 Å². The molecule has 1 heterocycles. The van der Waals surface area contributed by atoms with Crippen molar-refractivity contribution < 1.29 is 4.74 Å². The van der Waals surface area contributed by atoms with E-state index in [1.54, 1.807) is 0 Å². The maximum Gasteiger partial charge on any atom is 0.131 e. The highest BCUT2D eigenvalue weighted by Crippen LogP contribution is 2.23. The fourth-order valence-electron chi connectivity index (χ4n) is 2.04. The molecule has 1 N–H and O–H groups in total. The molecule has 0 spiro atoms. The molecule has 0 saturated carbocycles. The predicted molar refractivity (Wildman–Crippen MR) is 86.8 cm³/mol. The first kappa shape index (κ1) is 15.3. The summed E-state index contributed by atoms with van der Waals surface area (Å²) in [4.78, 5) is 9.13. The molecule has 1 aromatic carbocycles. The highest BCUT2D eigenvalue weighted by Gasteiger charge is 2.06.